The first-order valence-corrected chi connectivity index (χ1v) is 7.01. The van der Waals surface area contributed by atoms with Crippen LogP contribution < -0.4 is 15.8 Å². The molecule has 0 aromatic heterocycles. The van der Waals surface area contributed by atoms with Gasteiger partial charge in [0, 0.05) is 19.8 Å². The van der Waals surface area contributed by atoms with E-state index in [1.807, 2.05) is 30.3 Å². The summed E-state index contributed by atoms with van der Waals surface area (Å²) in [7, 11) is 0. The van der Waals surface area contributed by atoms with Crippen LogP contribution in [0.4, 0.5) is 0 Å². The molecule has 2 rings (SSSR count). The molecular formula is C15H22N2O3. The lowest BCUT2D eigenvalue weighted by Crippen LogP contribution is -2.56. The zero-order chi connectivity index (χ0) is 14.3. The van der Waals surface area contributed by atoms with Gasteiger partial charge < -0.3 is 20.5 Å². The number of carbonyl (C=O) groups excluding carboxylic acids is 1. The maximum atomic E-state index is 12.0. The predicted molar refractivity (Wildman–Crippen MR) is 76.5 cm³/mol. The Bertz CT molecular complexity index is 416. The summed E-state index contributed by atoms with van der Waals surface area (Å²) in [5, 5.41) is 3.04. The van der Waals surface area contributed by atoms with Crippen LogP contribution >= 0.6 is 0 Å². The molecule has 1 fully saturated rings. The average Bonchev–Trinajstić information content (AvgIpc) is 2.49. The van der Waals surface area contributed by atoms with Crippen molar-refractivity contribution in [2.75, 3.05) is 26.4 Å². The zero-order valence-corrected chi connectivity index (χ0v) is 11.6. The number of hydrogen-bond donors (Lipinski definition) is 2. The van der Waals surface area contributed by atoms with E-state index < -0.39 is 0 Å². The number of hydrogen-bond acceptors (Lipinski definition) is 4. The third-order valence-electron chi connectivity index (χ3n) is 3.59. The van der Waals surface area contributed by atoms with E-state index >= 15 is 0 Å². The lowest BCUT2D eigenvalue weighted by Gasteiger charge is -2.36. The van der Waals surface area contributed by atoms with Gasteiger partial charge >= 0.3 is 0 Å². The first-order chi connectivity index (χ1) is 9.74. The van der Waals surface area contributed by atoms with E-state index in [1.165, 1.54) is 0 Å². The SMILES string of the molecule is NCC1(NC(=O)CCOc2ccccc2)CCOCC1. The highest BCUT2D eigenvalue weighted by molar-refractivity contribution is 5.77. The first-order valence-electron chi connectivity index (χ1n) is 7.01. The quantitative estimate of drug-likeness (QED) is 0.816. The van der Waals surface area contributed by atoms with Crippen molar-refractivity contribution in [3.63, 3.8) is 0 Å². The third-order valence-corrected chi connectivity index (χ3v) is 3.59. The number of para-hydroxylation sites is 1. The maximum Gasteiger partial charge on any atom is 0.223 e. The molecule has 110 valence electrons. The summed E-state index contributed by atoms with van der Waals surface area (Å²) < 4.78 is 10.8. The van der Waals surface area contributed by atoms with E-state index in [0.717, 1.165) is 18.6 Å². The van der Waals surface area contributed by atoms with Crippen molar-refractivity contribution < 1.29 is 14.3 Å². The summed E-state index contributed by atoms with van der Waals surface area (Å²) in [6.45, 7) is 2.12. The molecule has 0 unspecified atom stereocenters. The number of nitrogens with two attached hydrogens (primary N) is 1. The van der Waals surface area contributed by atoms with Gasteiger partial charge in [0.15, 0.2) is 0 Å². The molecule has 5 heteroatoms. The second-order valence-electron chi connectivity index (χ2n) is 5.06. The largest absolute Gasteiger partial charge is 0.493 e. The molecule has 1 saturated heterocycles. The van der Waals surface area contributed by atoms with Gasteiger partial charge in [0.05, 0.1) is 18.6 Å². The third kappa shape index (κ3) is 4.21. The predicted octanol–water partition coefficient (Wildman–Crippen LogP) is 1.08. The van der Waals surface area contributed by atoms with Crippen LogP contribution in [0.5, 0.6) is 5.75 Å². The molecule has 0 spiro atoms. The molecule has 1 aromatic carbocycles. The van der Waals surface area contributed by atoms with Gasteiger partial charge in [0.25, 0.3) is 0 Å². The number of benzene rings is 1. The molecule has 20 heavy (non-hydrogen) atoms. The minimum Gasteiger partial charge on any atom is -0.493 e. The molecule has 1 aromatic rings. The minimum absolute atomic E-state index is 0.0201. The topological polar surface area (TPSA) is 73.6 Å². The molecular weight excluding hydrogens is 256 g/mol. The minimum atomic E-state index is -0.303. The fourth-order valence-electron chi connectivity index (χ4n) is 2.28. The van der Waals surface area contributed by atoms with E-state index in [9.17, 15) is 4.79 Å². The van der Waals surface area contributed by atoms with E-state index in [-0.39, 0.29) is 11.4 Å². The molecule has 5 nitrogen and oxygen atoms in total. The monoisotopic (exact) mass is 278 g/mol. The molecule has 1 aliphatic heterocycles. The van der Waals surface area contributed by atoms with E-state index in [4.69, 9.17) is 15.2 Å². The van der Waals surface area contributed by atoms with Crippen molar-refractivity contribution in [3.05, 3.63) is 30.3 Å². The van der Waals surface area contributed by atoms with Crippen LogP contribution in [-0.2, 0) is 9.53 Å². The van der Waals surface area contributed by atoms with E-state index in [2.05, 4.69) is 5.32 Å². The summed E-state index contributed by atoms with van der Waals surface area (Å²) in [5.74, 6) is 0.758. The van der Waals surface area contributed by atoms with Gasteiger partial charge in [-0.15, -0.1) is 0 Å². The second kappa shape index (κ2) is 7.26. The van der Waals surface area contributed by atoms with Crippen LogP contribution in [0.2, 0.25) is 0 Å². The molecule has 0 radical (unpaired) electrons. The highest BCUT2D eigenvalue weighted by atomic mass is 16.5. The Morgan fingerprint density at radius 1 is 1.30 bits per heavy atom. The van der Waals surface area contributed by atoms with Gasteiger partial charge in [0.2, 0.25) is 5.91 Å². The summed E-state index contributed by atoms with van der Waals surface area (Å²) >= 11 is 0. The molecule has 0 aliphatic carbocycles. The highest BCUT2D eigenvalue weighted by Crippen LogP contribution is 2.19. The Morgan fingerprint density at radius 3 is 2.65 bits per heavy atom. The van der Waals surface area contributed by atoms with Gasteiger partial charge in [-0.25, -0.2) is 0 Å². The van der Waals surface area contributed by atoms with E-state index in [0.29, 0.717) is 32.8 Å². The smallest absolute Gasteiger partial charge is 0.223 e. The molecule has 3 N–H and O–H groups in total. The normalized spacial score (nSPS) is 17.4. The van der Waals surface area contributed by atoms with Gasteiger partial charge in [-0.3, -0.25) is 4.79 Å². The molecule has 0 bridgehead atoms. The lowest BCUT2D eigenvalue weighted by molar-refractivity contribution is -0.124. The fraction of sp³-hybridized carbons (Fsp3) is 0.533. The van der Waals surface area contributed by atoms with Crippen LogP contribution in [0.25, 0.3) is 0 Å². The van der Waals surface area contributed by atoms with Crippen molar-refractivity contribution in [2.45, 2.75) is 24.8 Å². The Hall–Kier alpha value is -1.59. The summed E-state index contributed by atoms with van der Waals surface area (Å²) in [5.41, 5.74) is 5.50. The Labute approximate surface area is 119 Å². The number of amides is 1. The molecule has 1 heterocycles. The van der Waals surface area contributed by atoms with Crippen LogP contribution in [-0.4, -0.2) is 37.8 Å². The number of ether oxygens (including phenoxy) is 2. The van der Waals surface area contributed by atoms with Crippen LogP contribution in [0, 0.1) is 0 Å². The van der Waals surface area contributed by atoms with Gasteiger partial charge in [-0.1, -0.05) is 18.2 Å². The second-order valence-corrected chi connectivity index (χ2v) is 5.06. The van der Waals surface area contributed by atoms with Gasteiger partial charge in [-0.05, 0) is 25.0 Å². The van der Waals surface area contributed by atoms with Crippen molar-refractivity contribution in [1.82, 2.24) is 5.32 Å². The van der Waals surface area contributed by atoms with Crippen molar-refractivity contribution in [1.29, 1.82) is 0 Å². The summed E-state index contributed by atoms with van der Waals surface area (Å²) in [6, 6.07) is 9.48. The van der Waals surface area contributed by atoms with Gasteiger partial charge in [-0.2, -0.15) is 0 Å². The van der Waals surface area contributed by atoms with E-state index in [1.54, 1.807) is 0 Å². The molecule has 0 saturated carbocycles. The van der Waals surface area contributed by atoms with Crippen LogP contribution in [0.1, 0.15) is 19.3 Å². The number of rotatable bonds is 6. The number of carbonyl (C=O) groups is 1. The van der Waals surface area contributed by atoms with Gasteiger partial charge in [0.1, 0.15) is 5.75 Å². The van der Waals surface area contributed by atoms with Crippen LogP contribution in [0.3, 0.4) is 0 Å². The molecule has 0 atom stereocenters. The maximum absolute atomic E-state index is 12.0. The number of nitrogens with one attached hydrogen (secondary N) is 1. The fourth-order valence-corrected chi connectivity index (χ4v) is 2.28. The summed E-state index contributed by atoms with van der Waals surface area (Å²) in [4.78, 5) is 12.0. The van der Waals surface area contributed by atoms with Crippen LogP contribution in [0.15, 0.2) is 30.3 Å². The van der Waals surface area contributed by atoms with Crippen molar-refractivity contribution >= 4 is 5.91 Å². The van der Waals surface area contributed by atoms with Crippen molar-refractivity contribution in [2.24, 2.45) is 5.73 Å². The van der Waals surface area contributed by atoms with Crippen molar-refractivity contribution in [3.8, 4) is 5.75 Å². The molecule has 1 aliphatic rings. The molecule has 1 amide bonds. The Kier molecular flexibility index (Phi) is 5.38. The lowest BCUT2D eigenvalue weighted by atomic mass is 9.90. The Balaban J connectivity index is 1.74. The summed E-state index contributed by atoms with van der Waals surface area (Å²) in [6.07, 6.45) is 1.88. The average molecular weight is 278 g/mol. The highest BCUT2D eigenvalue weighted by Gasteiger charge is 2.32. The first kappa shape index (κ1) is 14.8. The Morgan fingerprint density at radius 2 is 2.00 bits per heavy atom. The standard InChI is InChI=1S/C15H22N2O3/c16-12-15(7-10-19-11-8-15)17-14(18)6-9-20-13-4-2-1-3-5-13/h1-5H,6-12,16H2,(H,17,18). The zero-order valence-electron chi connectivity index (χ0n) is 11.6.